The standard InChI is InChI=1S/C14H20N2O/c1-4-16(9-11(2)3)14-6-5-12(10-17)7-13(14)8-15/h5-7,11,17H,4,9-10H2,1-3H3. The predicted molar refractivity (Wildman–Crippen MR) is 69.8 cm³/mol. The van der Waals surface area contributed by atoms with Gasteiger partial charge in [-0.2, -0.15) is 5.26 Å². The van der Waals surface area contributed by atoms with Crippen molar-refractivity contribution in [2.24, 2.45) is 5.92 Å². The van der Waals surface area contributed by atoms with Crippen LogP contribution in [0.1, 0.15) is 31.9 Å². The summed E-state index contributed by atoms with van der Waals surface area (Å²) in [5.74, 6) is 0.555. The van der Waals surface area contributed by atoms with Gasteiger partial charge in [0.05, 0.1) is 17.9 Å². The minimum absolute atomic E-state index is 0.0226. The molecule has 0 aromatic heterocycles. The number of aliphatic hydroxyl groups excluding tert-OH is 1. The van der Waals surface area contributed by atoms with Gasteiger partial charge in [-0.25, -0.2) is 0 Å². The van der Waals surface area contributed by atoms with Crippen LogP contribution in [0.2, 0.25) is 0 Å². The lowest BCUT2D eigenvalue weighted by molar-refractivity contribution is 0.282. The van der Waals surface area contributed by atoms with Gasteiger partial charge in [-0.3, -0.25) is 0 Å². The molecule has 0 fully saturated rings. The second-order valence-corrected chi connectivity index (χ2v) is 4.55. The van der Waals surface area contributed by atoms with Crippen molar-refractivity contribution in [3.8, 4) is 6.07 Å². The van der Waals surface area contributed by atoms with Crippen LogP contribution in [0.15, 0.2) is 18.2 Å². The summed E-state index contributed by atoms with van der Waals surface area (Å²) in [6, 6.07) is 7.77. The maximum absolute atomic E-state index is 9.16. The summed E-state index contributed by atoms with van der Waals surface area (Å²) in [5.41, 5.74) is 2.38. The first kappa shape index (κ1) is 13.5. The highest BCUT2D eigenvalue weighted by atomic mass is 16.3. The summed E-state index contributed by atoms with van der Waals surface area (Å²) < 4.78 is 0. The molecular weight excluding hydrogens is 212 g/mol. The Bertz CT molecular complexity index is 407. The first-order valence-electron chi connectivity index (χ1n) is 6.01. The molecule has 3 heteroatoms. The molecular formula is C14H20N2O. The molecule has 92 valence electrons. The highest BCUT2D eigenvalue weighted by Gasteiger charge is 2.11. The Balaban J connectivity index is 3.07. The van der Waals surface area contributed by atoms with Crippen LogP contribution in [-0.2, 0) is 6.61 Å². The minimum atomic E-state index is -0.0226. The Labute approximate surface area is 103 Å². The van der Waals surface area contributed by atoms with Gasteiger partial charge in [0.2, 0.25) is 0 Å². The maximum atomic E-state index is 9.16. The molecule has 0 aliphatic rings. The van der Waals surface area contributed by atoms with Gasteiger partial charge in [0.25, 0.3) is 0 Å². The monoisotopic (exact) mass is 232 g/mol. The fourth-order valence-corrected chi connectivity index (χ4v) is 1.89. The number of aliphatic hydroxyl groups is 1. The summed E-state index contributed by atoms with van der Waals surface area (Å²) in [6.07, 6.45) is 0. The third-order valence-corrected chi connectivity index (χ3v) is 2.67. The van der Waals surface area contributed by atoms with Crippen LogP contribution in [-0.4, -0.2) is 18.2 Å². The maximum Gasteiger partial charge on any atom is 0.101 e. The van der Waals surface area contributed by atoms with Crippen LogP contribution in [0.3, 0.4) is 0 Å². The van der Waals surface area contributed by atoms with Crippen molar-refractivity contribution in [1.82, 2.24) is 0 Å². The van der Waals surface area contributed by atoms with E-state index in [1.807, 2.05) is 12.1 Å². The summed E-state index contributed by atoms with van der Waals surface area (Å²) in [5, 5.41) is 18.2. The van der Waals surface area contributed by atoms with Gasteiger partial charge in [-0.05, 0) is 30.5 Å². The van der Waals surface area contributed by atoms with Crippen molar-refractivity contribution in [3.63, 3.8) is 0 Å². The molecule has 1 aromatic rings. The van der Waals surface area contributed by atoms with E-state index in [-0.39, 0.29) is 6.61 Å². The Hall–Kier alpha value is -1.53. The second kappa shape index (κ2) is 6.27. The summed E-state index contributed by atoms with van der Waals surface area (Å²) in [6.45, 7) is 8.21. The molecule has 0 aliphatic heterocycles. The van der Waals surface area contributed by atoms with E-state index in [0.29, 0.717) is 11.5 Å². The number of hydrogen-bond donors (Lipinski definition) is 1. The third kappa shape index (κ3) is 3.47. The van der Waals surface area contributed by atoms with Crippen LogP contribution < -0.4 is 4.90 Å². The molecule has 0 aliphatic carbocycles. The summed E-state index contributed by atoms with van der Waals surface area (Å²) in [7, 11) is 0. The van der Waals surface area contributed by atoms with Gasteiger partial charge >= 0.3 is 0 Å². The van der Waals surface area contributed by atoms with Gasteiger partial charge in [0, 0.05) is 13.1 Å². The van der Waals surface area contributed by atoms with Gasteiger partial charge in [-0.1, -0.05) is 19.9 Å². The van der Waals surface area contributed by atoms with Crippen LogP contribution in [0.25, 0.3) is 0 Å². The molecule has 0 atom stereocenters. The Morgan fingerprint density at radius 1 is 1.41 bits per heavy atom. The average Bonchev–Trinajstić information content (AvgIpc) is 2.35. The zero-order valence-electron chi connectivity index (χ0n) is 10.8. The molecule has 1 rings (SSSR count). The zero-order valence-corrected chi connectivity index (χ0v) is 10.8. The van der Waals surface area contributed by atoms with Gasteiger partial charge in [0.15, 0.2) is 0 Å². The Morgan fingerprint density at radius 3 is 2.59 bits per heavy atom. The predicted octanol–water partition coefficient (Wildman–Crippen LogP) is 2.53. The van der Waals surface area contributed by atoms with Crippen LogP contribution in [0.4, 0.5) is 5.69 Å². The summed E-state index contributed by atoms with van der Waals surface area (Å²) >= 11 is 0. The molecule has 0 spiro atoms. The molecule has 0 bridgehead atoms. The lowest BCUT2D eigenvalue weighted by Gasteiger charge is -2.26. The van der Waals surface area contributed by atoms with E-state index < -0.39 is 0 Å². The second-order valence-electron chi connectivity index (χ2n) is 4.55. The number of rotatable bonds is 5. The van der Waals surface area contributed by atoms with E-state index in [1.54, 1.807) is 6.07 Å². The molecule has 1 N–H and O–H groups in total. The van der Waals surface area contributed by atoms with E-state index in [1.165, 1.54) is 0 Å². The molecule has 0 radical (unpaired) electrons. The average molecular weight is 232 g/mol. The van der Waals surface area contributed by atoms with Crippen molar-refractivity contribution in [1.29, 1.82) is 5.26 Å². The molecule has 3 nitrogen and oxygen atoms in total. The third-order valence-electron chi connectivity index (χ3n) is 2.67. The highest BCUT2D eigenvalue weighted by molar-refractivity contribution is 5.60. The normalized spacial score (nSPS) is 10.4. The Morgan fingerprint density at radius 2 is 2.12 bits per heavy atom. The lowest BCUT2D eigenvalue weighted by atomic mass is 10.1. The van der Waals surface area contributed by atoms with Crippen molar-refractivity contribution in [2.75, 3.05) is 18.0 Å². The van der Waals surface area contributed by atoms with Crippen molar-refractivity contribution in [2.45, 2.75) is 27.4 Å². The van der Waals surface area contributed by atoms with Crippen molar-refractivity contribution >= 4 is 5.69 Å². The number of hydrogen-bond acceptors (Lipinski definition) is 3. The van der Waals surface area contributed by atoms with Crippen LogP contribution >= 0.6 is 0 Å². The molecule has 0 saturated heterocycles. The number of benzene rings is 1. The molecule has 1 aromatic carbocycles. The first-order valence-corrected chi connectivity index (χ1v) is 6.01. The quantitative estimate of drug-likeness (QED) is 0.848. The van der Waals surface area contributed by atoms with E-state index in [2.05, 4.69) is 31.7 Å². The van der Waals surface area contributed by atoms with E-state index >= 15 is 0 Å². The molecule has 0 amide bonds. The number of nitrogens with zero attached hydrogens (tertiary/aromatic N) is 2. The molecule has 0 heterocycles. The smallest absolute Gasteiger partial charge is 0.101 e. The SMILES string of the molecule is CCN(CC(C)C)c1ccc(CO)cc1C#N. The largest absolute Gasteiger partial charge is 0.392 e. The van der Waals surface area contributed by atoms with Gasteiger partial charge < -0.3 is 10.0 Å². The number of anilines is 1. The zero-order chi connectivity index (χ0) is 12.8. The Kier molecular flexibility index (Phi) is 4.99. The highest BCUT2D eigenvalue weighted by Crippen LogP contribution is 2.22. The molecule has 0 saturated carbocycles. The van der Waals surface area contributed by atoms with E-state index in [4.69, 9.17) is 10.4 Å². The summed E-state index contributed by atoms with van der Waals surface area (Å²) in [4.78, 5) is 2.20. The fourth-order valence-electron chi connectivity index (χ4n) is 1.89. The minimum Gasteiger partial charge on any atom is -0.392 e. The first-order chi connectivity index (χ1) is 8.12. The van der Waals surface area contributed by atoms with E-state index in [9.17, 15) is 0 Å². The topological polar surface area (TPSA) is 47.3 Å². The van der Waals surface area contributed by atoms with E-state index in [0.717, 1.165) is 24.3 Å². The van der Waals surface area contributed by atoms with Crippen molar-refractivity contribution < 1.29 is 5.11 Å². The fraction of sp³-hybridized carbons (Fsp3) is 0.500. The van der Waals surface area contributed by atoms with Crippen LogP contribution in [0, 0.1) is 17.2 Å². The lowest BCUT2D eigenvalue weighted by Crippen LogP contribution is -2.27. The van der Waals surface area contributed by atoms with Gasteiger partial charge in [0.1, 0.15) is 6.07 Å². The molecule has 17 heavy (non-hydrogen) atoms. The number of nitriles is 1. The van der Waals surface area contributed by atoms with Gasteiger partial charge in [-0.15, -0.1) is 0 Å². The van der Waals surface area contributed by atoms with Crippen LogP contribution in [0.5, 0.6) is 0 Å². The molecule has 0 unspecified atom stereocenters. The van der Waals surface area contributed by atoms with Crippen molar-refractivity contribution in [3.05, 3.63) is 29.3 Å².